The molecule has 0 amide bonds. The second kappa shape index (κ2) is 6.97. The molecular formula is C9H20O3Si2. The van der Waals surface area contributed by atoms with Crippen LogP contribution in [0.4, 0.5) is 0 Å². The maximum atomic E-state index is 10.9. The van der Waals surface area contributed by atoms with E-state index in [0.717, 1.165) is 23.0 Å². The summed E-state index contributed by atoms with van der Waals surface area (Å²) in [4.78, 5) is 10.9. The van der Waals surface area contributed by atoms with E-state index in [2.05, 4.69) is 13.1 Å². The van der Waals surface area contributed by atoms with Gasteiger partial charge in [-0.2, -0.15) is 0 Å². The number of hydrogen-bond acceptors (Lipinski definition) is 3. The summed E-state index contributed by atoms with van der Waals surface area (Å²) in [5, 5.41) is 0. The van der Waals surface area contributed by atoms with Crippen LogP contribution in [-0.2, 0) is 13.6 Å². The highest BCUT2D eigenvalue weighted by Crippen LogP contribution is 2.11. The number of carbonyl (C=O) groups excluding carboxylic acids is 1. The lowest BCUT2D eigenvalue weighted by Gasteiger charge is -2.20. The van der Waals surface area contributed by atoms with E-state index < -0.39 is 8.32 Å². The Labute approximate surface area is 90.2 Å². The lowest BCUT2D eigenvalue weighted by Crippen LogP contribution is -2.29. The van der Waals surface area contributed by atoms with Crippen LogP contribution in [0, 0.1) is 0 Å². The molecule has 0 aliphatic rings. The molecule has 0 unspecified atom stereocenters. The van der Waals surface area contributed by atoms with Gasteiger partial charge in [0.15, 0.2) is 8.32 Å². The van der Waals surface area contributed by atoms with E-state index in [4.69, 9.17) is 8.85 Å². The van der Waals surface area contributed by atoms with Crippen molar-refractivity contribution in [2.75, 3.05) is 6.61 Å². The van der Waals surface area contributed by atoms with Crippen LogP contribution in [0.2, 0.25) is 19.1 Å². The fraction of sp³-hybridized carbons (Fsp3) is 0.667. The summed E-state index contributed by atoms with van der Waals surface area (Å²) in [6.07, 6.45) is 4.03. The predicted octanol–water partition coefficient (Wildman–Crippen LogP) is 0.998. The van der Waals surface area contributed by atoms with Crippen molar-refractivity contribution in [1.82, 2.24) is 0 Å². The number of ether oxygens (including phenoxy) is 1. The fourth-order valence-corrected chi connectivity index (χ4v) is 2.77. The fourth-order valence-electron chi connectivity index (χ4n) is 0.957. The summed E-state index contributed by atoms with van der Waals surface area (Å²) in [6, 6.07) is 1.06. The van der Waals surface area contributed by atoms with Crippen LogP contribution >= 0.6 is 0 Å². The largest absolute Gasteiger partial charge is 0.463 e. The Morgan fingerprint density at radius 1 is 1.50 bits per heavy atom. The van der Waals surface area contributed by atoms with Crippen molar-refractivity contribution in [2.45, 2.75) is 32.5 Å². The van der Waals surface area contributed by atoms with E-state index in [-0.39, 0.29) is 5.97 Å². The van der Waals surface area contributed by atoms with Crippen LogP contribution in [0.3, 0.4) is 0 Å². The average molecular weight is 232 g/mol. The molecule has 0 saturated carbocycles. The lowest BCUT2D eigenvalue weighted by molar-refractivity contribution is -0.137. The van der Waals surface area contributed by atoms with Gasteiger partial charge < -0.3 is 8.85 Å². The SMILES string of the molecule is CC=CC(=O)OCCC[Si](C)(C)O[SiH3]. The van der Waals surface area contributed by atoms with Gasteiger partial charge in [-0.05, 0) is 32.5 Å². The van der Waals surface area contributed by atoms with Crippen molar-refractivity contribution in [1.29, 1.82) is 0 Å². The monoisotopic (exact) mass is 232 g/mol. The third-order valence-corrected chi connectivity index (χ3v) is 8.00. The molecule has 5 heteroatoms. The Balaban J connectivity index is 3.52. The van der Waals surface area contributed by atoms with Crippen molar-refractivity contribution in [3.63, 3.8) is 0 Å². The quantitative estimate of drug-likeness (QED) is 0.297. The van der Waals surface area contributed by atoms with Crippen molar-refractivity contribution in [3.8, 4) is 0 Å². The zero-order valence-corrected chi connectivity index (χ0v) is 12.5. The summed E-state index contributed by atoms with van der Waals surface area (Å²) >= 11 is 0. The first-order valence-corrected chi connectivity index (χ1v) is 8.79. The minimum absolute atomic E-state index is 0.251. The van der Waals surface area contributed by atoms with Crippen molar-refractivity contribution in [2.24, 2.45) is 0 Å². The van der Waals surface area contributed by atoms with Crippen molar-refractivity contribution >= 4 is 24.8 Å². The highest BCUT2D eigenvalue weighted by molar-refractivity contribution is 6.73. The third kappa shape index (κ3) is 7.05. The number of hydrogen-bond donors (Lipinski definition) is 0. The van der Waals surface area contributed by atoms with Gasteiger partial charge in [0.2, 0.25) is 0 Å². The summed E-state index contributed by atoms with van der Waals surface area (Å²) in [5.74, 6) is -0.251. The molecule has 0 aliphatic carbocycles. The molecule has 0 aromatic rings. The maximum absolute atomic E-state index is 10.9. The Morgan fingerprint density at radius 3 is 2.64 bits per heavy atom. The molecule has 0 N–H and O–H groups in total. The van der Waals surface area contributed by atoms with E-state index in [1.807, 2.05) is 0 Å². The lowest BCUT2D eigenvalue weighted by atomic mass is 10.5. The van der Waals surface area contributed by atoms with Gasteiger partial charge >= 0.3 is 5.97 Å². The number of allylic oxidation sites excluding steroid dienone is 1. The summed E-state index contributed by atoms with van der Waals surface area (Å²) < 4.78 is 10.5. The summed E-state index contributed by atoms with van der Waals surface area (Å²) in [7, 11) is -0.609. The van der Waals surface area contributed by atoms with Crippen LogP contribution in [0.1, 0.15) is 13.3 Å². The molecular weight excluding hydrogens is 212 g/mol. The van der Waals surface area contributed by atoms with Crippen LogP contribution < -0.4 is 0 Å². The molecule has 14 heavy (non-hydrogen) atoms. The molecule has 0 aliphatic heterocycles. The van der Waals surface area contributed by atoms with Gasteiger partial charge in [-0.25, -0.2) is 4.79 Å². The first kappa shape index (κ1) is 13.6. The van der Waals surface area contributed by atoms with Gasteiger partial charge in [0.05, 0.1) is 6.61 Å². The second-order valence-corrected chi connectivity index (χ2v) is 9.39. The van der Waals surface area contributed by atoms with Gasteiger partial charge in [-0.1, -0.05) is 6.08 Å². The topological polar surface area (TPSA) is 35.5 Å². The van der Waals surface area contributed by atoms with E-state index >= 15 is 0 Å². The zero-order chi connectivity index (χ0) is 11.0. The van der Waals surface area contributed by atoms with Gasteiger partial charge in [0, 0.05) is 6.08 Å². The smallest absolute Gasteiger partial charge is 0.330 e. The Bertz CT molecular complexity index is 202. The van der Waals surface area contributed by atoms with E-state index in [1.165, 1.54) is 6.08 Å². The number of carbonyl (C=O) groups is 1. The Hall–Kier alpha value is -0.396. The van der Waals surface area contributed by atoms with Gasteiger partial charge in [0.1, 0.15) is 10.5 Å². The molecule has 0 saturated heterocycles. The molecule has 82 valence electrons. The van der Waals surface area contributed by atoms with Crippen LogP contribution in [0.5, 0.6) is 0 Å². The van der Waals surface area contributed by atoms with E-state index in [0.29, 0.717) is 6.61 Å². The van der Waals surface area contributed by atoms with Crippen molar-refractivity contribution in [3.05, 3.63) is 12.2 Å². The molecule has 0 rings (SSSR count). The first-order valence-electron chi connectivity index (χ1n) is 4.86. The van der Waals surface area contributed by atoms with Crippen molar-refractivity contribution < 1.29 is 13.6 Å². The van der Waals surface area contributed by atoms with Crippen LogP contribution in [-0.4, -0.2) is 31.4 Å². The normalized spacial score (nSPS) is 12.2. The average Bonchev–Trinajstić information content (AvgIpc) is 2.13. The van der Waals surface area contributed by atoms with E-state index in [1.54, 1.807) is 13.0 Å². The molecule has 0 radical (unpaired) electrons. The first-order chi connectivity index (χ1) is 6.52. The zero-order valence-electron chi connectivity index (χ0n) is 9.50. The second-order valence-electron chi connectivity index (χ2n) is 3.73. The molecule has 0 aromatic carbocycles. The standard InChI is InChI=1S/C9H20O3Si2/c1-4-6-9(10)11-7-5-8-14(2,3)12-13/h4,6H,5,7-8H2,1-3,13H3. The Morgan fingerprint density at radius 2 is 2.14 bits per heavy atom. The van der Waals surface area contributed by atoms with Gasteiger partial charge in [-0.3, -0.25) is 0 Å². The highest BCUT2D eigenvalue weighted by atomic mass is 28.4. The van der Waals surface area contributed by atoms with Gasteiger partial charge in [-0.15, -0.1) is 0 Å². The molecule has 0 aromatic heterocycles. The molecule has 0 atom stereocenters. The molecule has 0 spiro atoms. The third-order valence-electron chi connectivity index (χ3n) is 2.02. The van der Waals surface area contributed by atoms with Crippen LogP contribution in [0.15, 0.2) is 12.2 Å². The van der Waals surface area contributed by atoms with E-state index in [9.17, 15) is 4.79 Å². The van der Waals surface area contributed by atoms with Gasteiger partial charge in [0.25, 0.3) is 0 Å². The highest BCUT2D eigenvalue weighted by Gasteiger charge is 2.18. The number of rotatable bonds is 6. The number of esters is 1. The predicted molar refractivity (Wildman–Crippen MR) is 63.7 cm³/mol. The molecule has 0 fully saturated rings. The minimum Gasteiger partial charge on any atom is -0.463 e. The molecule has 0 heterocycles. The maximum Gasteiger partial charge on any atom is 0.330 e. The van der Waals surface area contributed by atoms with Crippen LogP contribution in [0.25, 0.3) is 0 Å². The molecule has 3 nitrogen and oxygen atoms in total. The molecule has 0 bridgehead atoms. The summed E-state index contributed by atoms with van der Waals surface area (Å²) in [6.45, 7) is 6.68. The summed E-state index contributed by atoms with van der Waals surface area (Å²) in [5.41, 5.74) is 0. The minimum atomic E-state index is -1.42. The Kier molecular flexibility index (Phi) is 6.77.